The second kappa shape index (κ2) is 9.82. The Balaban J connectivity index is 1.26. The second-order valence-corrected chi connectivity index (χ2v) is 10.5. The smallest absolute Gasteiger partial charge is 0.227 e. The van der Waals surface area contributed by atoms with Gasteiger partial charge in [-0.2, -0.15) is 4.98 Å². The quantitative estimate of drug-likeness (QED) is 0.514. The second-order valence-electron chi connectivity index (χ2n) is 9.45. The number of aryl methyl sites for hydroxylation is 1. The number of carbonyl (C=O) groups excluding carboxylic acids is 2. The molecule has 2 fully saturated rings. The highest BCUT2D eigenvalue weighted by Gasteiger charge is 2.38. The van der Waals surface area contributed by atoms with Gasteiger partial charge < -0.3 is 14.7 Å². The third-order valence-electron chi connectivity index (χ3n) is 6.99. The Kier molecular flexibility index (Phi) is 6.63. The Morgan fingerprint density at radius 2 is 1.94 bits per heavy atom. The summed E-state index contributed by atoms with van der Waals surface area (Å²) in [6.07, 6.45) is 8.57. The van der Waals surface area contributed by atoms with E-state index in [0.29, 0.717) is 24.6 Å². The molecule has 2 amide bonds. The van der Waals surface area contributed by atoms with E-state index in [1.165, 1.54) is 6.92 Å². The number of para-hydroxylation sites is 1. The van der Waals surface area contributed by atoms with Crippen molar-refractivity contribution in [3.05, 3.63) is 41.0 Å². The summed E-state index contributed by atoms with van der Waals surface area (Å²) < 4.78 is 6.69. The molecule has 0 spiro atoms. The lowest BCUT2D eigenvalue weighted by Gasteiger charge is -2.30. The number of hydrogen-bond acceptors (Lipinski definition) is 7. The molecule has 8 nitrogen and oxygen atoms in total. The van der Waals surface area contributed by atoms with E-state index in [4.69, 9.17) is 9.51 Å². The van der Waals surface area contributed by atoms with E-state index in [0.717, 1.165) is 73.1 Å². The predicted octanol–water partition coefficient (Wildman–Crippen LogP) is 4.66. The van der Waals surface area contributed by atoms with E-state index in [2.05, 4.69) is 21.5 Å². The minimum absolute atomic E-state index is 0.0390. The van der Waals surface area contributed by atoms with Crippen LogP contribution in [-0.4, -0.2) is 38.4 Å². The van der Waals surface area contributed by atoms with Crippen molar-refractivity contribution >= 4 is 33.4 Å². The molecule has 9 heteroatoms. The van der Waals surface area contributed by atoms with Gasteiger partial charge in [0.2, 0.25) is 17.7 Å². The van der Waals surface area contributed by atoms with E-state index in [1.54, 1.807) is 11.3 Å². The lowest BCUT2D eigenvalue weighted by Crippen LogP contribution is -2.45. The molecule has 2 aliphatic rings. The Labute approximate surface area is 203 Å². The number of benzene rings is 1. The lowest BCUT2D eigenvalue weighted by molar-refractivity contribution is -0.132. The highest BCUT2D eigenvalue weighted by Crippen LogP contribution is 2.37. The molecule has 1 aromatic carbocycles. The van der Waals surface area contributed by atoms with Crippen LogP contribution >= 0.6 is 11.3 Å². The first-order valence-corrected chi connectivity index (χ1v) is 13.1. The molecule has 1 aliphatic carbocycles. The van der Waals surface area contributed by atoms with Crippen LogP contribution in [0.5, 0.6) is 0 Å². The van der Waals surface area contributed by atoms with Gasteiger partial charge in [-0.05, 0) is 37.8 Å². The zero-order chi connectivity index (χ0) is 23.5. The molecule has 1 aliphatic heterocycles. The molecule has 1 saturated carbocycles. The van der Waals surface area contributed by atoms with Gasteiger partial charge >= 0.3 is 0 Å². The van der Waals surface area contributed by atoms with Crippen molar-refractivity contribution in [2.45, 2.75) is 82.7 Å². The first-order chi connectivity index (χ1) is 16.5. The average Bonchev–Trinajstić information content (AvgIpc) is 3.55. The number of thiazole rings is 1. The van der Waals surface area contributed by atoms with Gasteiger partial charge in [0.05, 0.1) is 16.3 Å². The summed E-state index contributed by atoms with van der Waals surface area (Å²) in [4.78, 5) is 36.4. The maximum Gasteiger partial charge on any atom is 0.227 e. The molecule has 5 rings (SSSR count). The number of hydrogen-bond donors (Lipinski definition) is 1. The molecular weight excluding hydrogens is 450 g/mol. The van der Waals surface area contributed by atoms with Gasteiger partial charge in [0.15, 0.2) is 5.82 Å². The first kappa shape index (κ1) is 23.0. The van der Waals surface area contributed by atoms with Crippen LogP contribution in [0, 0.1) is 0 Å². The van der Waals surface area contributed by atoms with Crippen LogP contribution in [0.2, 0.25) is 0 Å². The summed E-state index contributed by atoms with van der Waals surface area (Å²) >= 11 is 1.67. The number of amides is 2. The van der Waals surface area contributed by atoms with Crippen molar-refractivity contribution in [3.63, 3.8) is 0 Å². The molecule has 1 saturated heterocycles. The van der Waals surface area contributed by atoms with E-state index in [9.17, 15) is 9.59 Å². The molecule has 1 N–H and O–H groups in total. The topological polar surface area (TPSA) is 101 Å². The number of nitrogens with zero attached hydrogens (tertiary/aromatic N) is 4. The highest BCUT2D eigenvalue weighted by atomic mass is 32.1. The van der Waals surface area contributed by atoms with Crippen molar-refractivity contribution in [1.82, 2.24) is 25.3 Å². The maximum atomic E-state index is 13.1. The lowest BCUT2D eigenvalue weighted by atomic mass is 9.89. The zero-order valence-corrected chi connectivity index (χ0v) is 20.4. The van der Waals surface area contributed by atoms with Crippen molar-refractivity contribution < 1.29 is 14.1 Å². The van der Waals surface area contributed by atoms with Crippen LogP contribution in [0.3, 0.4) is 0 Å². The minimum atomic E-state index is -0.568. The van der Waals surface area contributed by atoms with E-state index < -0.39 is 5.54 Å². The van der Waals surface area contributed by atoms with Gasteiger partial charge in [-0.1, -0.05) is 43.0 Å². The van der Waals surface area contributed by atoms with Crippen molar-refractivity contribution in [2.24, 2.45) is 0 Å². The molecule has 2 aromatic heterocycles. The average molecular weight is 482 g/mol. The van der Waals surface area contributed by atoms with Gasteiger partial charge in [0.1, 0.15) is 10.5 Å². The van der Waals surface area contributed by atoms with E-state index in [1.807, 2.05) is 23.1 Å². The van der Waals surface area contributed by atoms with Gasteiger partial charge in [-0.25, -0.2) is 4.98 Å². The Morgan fingerprint density at radius 3 is 2.71 bits per heavy atom. The highest BCUT2D eigenvalue weighted by molar-refractivity contribution is 7.18. The standard InChI is InChI=1S/C25H31N5O3S/c1-17(31)28-25(14-6-2-3-7-15-25)24-27-21(33-29-24)12-13-22(32)30-16-8-10-19(30)23-26-18-9-4-5-11-20(18)34-23/h4-5,9,11,19H,2-3,6-8,10,12-16H2,1H3,(H,28,31). The van der Waals surface area contributed by atoms with Crippen LogP contribution in [0.1, 0.15) is 87.5 Å². The van der Waals surface area contributed by atoms with Gasteiger partial charge in [0.25, 0.3) is 0 Å². The molecule has 1 atom stereocenters. The van der Waals surface area contributed by atoms with Crippen LogP contribution in [0.15, 0.2) is 28.8 Å². The van der Waals surface area contributed by atoms with Gasteiger partial charge in [-0.15, -0.1) is 11.3 Å². The molecule has 180 valence electrons. The summed E-state index contributed by atoms with van der Waals surface area (Å²) in [5.41, 5.74) is 0.424. The largest absolute Gasteiger partial charge is 0.343 e. The summed E-state index contributed by atoms with van der Waals surface area (Å²) in [5.74, 6) is 1.000. The van der Waals surface area contributed by atoms with Crippen molar-refractivity contribution in [2.75, 3.05) is 6.54 Å². The summed E-state index contributed by atoms with van der Waals surface area (Å²) in [6.45, 7) is 2.28. The third kappa shape index (κ3) is 4.71. The number of likely N-dealkylation sites (tertiary alicyclic amines) is 1. The third-order valence-corrected chi connectivity index (χ3v) is 8.13. The molecule has 34 heavy (non-hydrogen) atoms. The molecular formula is C25H31N5O3S. The van der Waals surface area contributed by atoms with Crippen LogP contribution in [0.4, 0.5) is 0 Å². The molecule has 3 aromatic rings. The predicted molar refractivity (Wildman–Crippen MR) is 129 cm³/mol. The number of aromatic nitrogens is 3. The monoisotopic (exact) mass is 481 g/mol. The van der Waals surface area contributed by atoms with Crippen LogP contribution in [0.25, 0.3) is 10.2 Å². The fourth-order valence-corrected chi connectivity index (χ4v) is 6.45. The number of rotatable bonds is 6. The summed E-state index contributed by atoms with van der Waals surface area (Å²) in [5, 5.41) is 8.35. The normalized spacial score (nSPS) is 20.4. The van der Waals surface area contributed by atoms with Gasteiger partial charge in [0, 0.05) is 26.3 Å². The first-order valence-electron chi connectivity index (χ1n) is 12.3. The maximum absolute atomic E-state index is 13.1. The zero-order valence-electron chi connectivity index (χ0n) is 19.6. The van der Waals surface area contributed by atoms with Crippen LogP contribution in [-0.2, 0) is 21.5 Å². The number of nitrogens with one attached hydrogen (secondary N) is 1. The molecule has 1 unspecified atom stereocenters. The number of fused-ring (bicyclic) bond motifs is 1. The van der Waals surface area contributed by atoms with Gasteiger partial charge in [-0.3, -0.25) is 9.59 Å². The fraction of sp³-hybridized carbons (Fsp3) is 0.560. The van der Waals surface area contributed by atoms with Crippen molar-refractivity contribution in [3.8, 4) is 0 Å². The molecule has 0 bridgehead atoms. The summed E-state index contributed by atoms with van der Waals surface area (Å²) in [6, 6.07) is 8.15. The summed E-state index contributed by atoms with van der Waals surface area (Å²) in [7, 11) is 0. The van der Waals surface area contributed by atoms with E-state index in [-0.39, 0.29) is 17.9 Å². The fourth-order valence-electron chi connectivity index (χ4n) is 5.34. The SMILES string of the molecule is CC(=O)NC1(c2noc(CCC(=O)N3CCCC3c3nc4ccccc4s3)n2)CCCCCC1. The van der Waals surface area contributed by atoms with E-state index >= 15 is 0 Å². The molecule has 3 heterocycles. The Bertz CT molecular complexity index is 1130. The Hall–Kier alpha value is -2.81. The minimum Gasteiger partial charge on any atom is -0.343 e. The van der Waals surface area contributed by atoms with Crippen molar-refractivity contribution in [1.29, 1.82) is 0 Å². The van der Waals surface area contributed by atoms with Crippen LogP contribution < -0.4 is 5.32 Å². The molecule has 0 radical (unpaired) electrons. The Morgan fingerprint density at radius 1 is 1.15 bits per heavy atom. The number of carbonyl (C=O) groups is 2.